The first-order chi connectivity index (χ1) is 20.4. The first kappa shape index (κ1) is 29.6. The molecule has 0 N–H and O–H groups in total. The van der Waals surface area contributed by atoms with E-state index in [4.69, 9.17) is 4.42 Å². The van der Waals surface area contributed by atoms with Crippen LogP contribution in [-0.4, -0.2) is 0 Å². The van der Waals surface area contributed by atoms with Crippen LogP contribution in [0.5, 0.6) is 0 Å². The van der Waals surface area contributed by atoms with Gasteiger partial charge in [-0.1, -0.05) is 65.0 Å². The standard InChI is InChI=1S/C40H47FNO/c1-24(2)21-27-19-20-42(8)35(23-27)36-25(3)9-15-32-33-17-18-34(41)37(39(33)43-38(32)36)29-12-16-31(26(4)22-29)28-10-13-30(14-11-28)40(5,6)7/h9,12,15-20,22-24,28,30H,10-11,13-14,21H2,1-8H3/q+1. The fraction of sp³-hybridized carbons (Fsp3) is 0.425. The van der Waals surface area contributed by atoms with Gasteiger partial charge in [-0.2, -0.15) is 0 Å². The monoisotopic (exact) mass is 576 g/mol. The van der Waals surface area contributed by atoms with Crippen LogP contribution in [0.3, 0.4) is 0 Å². The maximum absolute atomic E-state index is 15.8. The minimum atomic E-state index is -0.243. The number of aromatic nitrogens is 1. The molecule has 3 aromatic carbocycles. The molecule has 5 aromatic rings. The molecule has 1 aliphatic carbocycles. The van der Waals surface area contributed by atoms with Crippen molar-refractivity contribution in [3.8, 4) is 22.4 Å². The summed E-state index contributed by atoms with van der Waals surface area (Å²) in [6.45, 7) is 15.9. The third kappa shape index (κ3) is 5.52. The van der Waals surface area contributed by atoms with E-state index in [1.54, 1.807) is 6.07 Å². The quantitative estimate of drug-likeness (QED) is 0.190. The van der Waals surface area contributed by atoms with Crippen molar-refractivity contribution in [3.05, 3.63) is 88.9 Å². The number of benzene rings is 3. The Hall–Kier alpha value is -3.46. The molecule has 1 fully saturated rings. The number of rotatable bonds is 5. The molecule has 2 aromatic heterocycles. The van der Waals surface area contributed by atoms with Crippen LogP contribution in [0.25, 0.3) is 44.3 Å². The number of pyridine rings is 1. The highest BCUT2D eigenvalue weighted by Crippen LogP contribution is 2.45. The van der Waals surface area contributed by atoms with Gasteiger partial charge in [0.15, 0.2) is 6.20 Å². The topological polar surface area (TPSA) is 17.0 Å². The summed E-state index contributed by atoms with van der Waals surface area (Å²) >= 11 is 0. The van der Waals surface area contributed by atoms with Crippen molar-refractivity contribution < 1.29 is 13.4 Å². The molecule has 0 radical (unpaired) electrons. The molecule has 0 amide bonds. The molecule has 1 aliphatic rings. The Bertz CT molecular complexity index is 1810. The molecule has 0 unspecified atom stereocenters. The van der Waals surface area contributed by atoms with E-state index < -0.39 is 0 Å². The van der Waals surface area contributed by atoms with E-state index >= 15 is 4.39 Å². The van der Waals surface area contributed by atoms with E-state index in [-0.39, 0.29) is 5.82 Å². The van der Waals surface area contributed by atoms with Crippen LogP contribution >= 0.6 is 0 Å². The minimum Gasteiger partial charge on any atom is -0.454 e. The zero-order valence-corrected chi connectivity index (χ0v) is 27.3. The van der Waals surface area contributed by atoms with Gasteiger partial charge in [0.05, 0.1) is 11.1 Å². The highest BCUT2D eigenvalue weighted by atomic mass is 19.1. The third-order valence-corrected chi connectivity index (χ3v) is 10.0. The van der Waals surface area contributed by atoms with Gasteiger partial charge in [0.2, 0.25) is 5.69 Å². The van der Waals surface area contributed by atoms with Crippen molar-refractivity contribution in [1.82, 2.24) is 0 Å². The summed E-state index contributed by atoms with van der Waals surface area (Å²) in [4.78, 5) is 0. The molecule has 0 aliphatic heterocycles. The third-order valence-electron chi connectivity index (χ3n) is 10.0. The Morgan fingerprint density at radius 2 is 1.51 bits per heavy atom. The van der Waals surface area contributed by atoms with Crippen molar-refractivity contribution in [3.63, 3.8) is 0 Å². The lowest BCUT2D eigenvalue weighted by Gasteiger charge is -2.37. The zero-order chi connectivity index (χ0) is 30.6. The average molecular weight is 577 g/mol. The van der Waals surface area contributed by atoms with Crippen LogP contribution in [0.1, 0.15) is 88.5 Å². The Kier molecular flexibility index (Phi) is 7.73. The number of aryl methyl sites for hydroxylation is 3. The van der Waals surface area contributed by atoms with Crippen molar-refractivity contribution in [1.29, 1.82) is 0 Å². The summed E-state index contributed by atoms with van der Waals surface area (Å²) in [5.74, 6) is 1.70. The molecular formula is C40H47FNO+. The van der Waals surface area contributed by atoms with E-state index in [1.807, 2.05) is 6.07 Å². The molecule has 2 nitrogen and oxygen atoms in total. The van der Waals surface area contributed by atoms with Crippen LogP contribution in [0.15, 0.2) is 65.2 Å². The van der Waals surface area contributed by atoms with E-state index in [2.05, 4.69) is 109 Å². The molecule has 0 spiro atoms. The van der Waals surface area contributed by atoms with Gasteiger partial charge in [-0.3, -0.25) is 0 Å². The average Bonchev–Trinajstić information content (AvgIpc) is 3.32. The summed E-state index contributed by atoms with van der Waals surface area (Å²) in [5, 5.41) is 1.98. The lowest BCUT2D eigenvalue weighted by atomic mass is 9.68. The van der Waals surface area contributed by atoms with Crippen LogP contribution in [0.4, 0.5) is 4.39 Å². The van der Waals surface area contributed by atoms with Crippen LogP contribution in [0, 0.1) is 36.9 Å². The van der Waals surface area contributed by atoms with E-state index in [1.165, 1.54) is 42.4 Å². The highest BCUT2D eigenvalue weighted by Gasteiger charge is 2.31. The van der Waals surface area contributed by atoms with Gasteiger partial charge in [-0.05, 0) is 109 Å². The Balaban J connectivity index is 1.44. The molecule has 1 saturated carbocycles. The second kappa shape index (κ2) is 11.2. The zero-order valence-electron chi connectivity index (χ0n) is 27.3. The van der Waals surface area contributed by atoms with Gasteiger partial charge in [-0.25, -0.2) is 8.96 Å². The van der Waals surface area contributed by atoms with Crippen LogP contribution < -0.4 is 4.57 Å². The maximum Gasteiger partial charge on any atom is 0.216 e. The fourth-order valence-corrected chi connectivity index (χ4v) is 7.59. The summed E-state index contributed by atoms with van der Waals surface area (Å²) in [7, 11) is 2.08. The molecule has 6 rings (SSSR count). The number of fused-ring (bicyclic) bond motifs is 3. The molecule has 224 valence electrons. The van der Waals surface area contributed by atoms with Crippen LogP contribution in [0.2, 0.25) is 0 Å². The van der Waals surface area contributed by atoms with Gasteiger partial charge in [0.25, 0.3) is 0 Å². The normalized spacial score (nSPS) is 17.8. The SMILES string of the molecule is Cc1cc(-c2c(F)ccc3c2oc2c(-c4cc(CC(C)C)cc[n+]4C)c(C)ccc23)ccc1C1CCC(C(C)(C)C)CC1. The van der Waals surface area contributed by atoms with Gasteiger partial charge in [0.1, 0.15) is 24.0 Å². The first-order valence-electron chi connectivity index (χ1n) is 16.2. The number of halogens is 1. The second-order valence-corrected chi connectivity index (χ2v) is 14.7. The minimum absolute atomic E-state index is 0.243. The number of hydrogen-bond donors (Lipinski definition) is 0. The Morgan fingerprint density at radius 1 is 0.837 bits per heavy atom. The van der Waals surface area contributed by atoms with Crippen molar-refractivity contribution in [2.75, 3.05) is 0 Å². The summed E-state index contributed by atoms with van der Waals surface area (Å²) in [6, 6.07) is 18.8. The number of furan rings is 1. The maximum atomic E-state index is 15.8. The molecule has 0 saturated heterocycles. The predicted molar refractivity (Wildman–Crippen MR) is 178 cm³/mol. The molecule has 2 heterocycles. The van der Waals surface area contributed by atoms with Crippen molar-refractivity contribution >= 4 is 21.9 Å². The summed E-state index contributed by atoms with van der Waals surface area (Å²) < 4.78 is 24.7. The highest BCUT2D eigenvalue weighted by molar-refractivity contribution is 6.13. The van der Waals surface area contributed by atoms with E-state index in [0.717, 1.165) is 51.1 Å². The summed E-state index contributed by atoms with van der Waals surface area (Å²) in [5.41, 5.74) is 10.6. The lowest BCUT2D eigenvalue weighted by Crippen LogP contribution is -2.31. The molecule has 3 heteroatoms. The molecule has 0 atom stereocenters. The molecular weight excluding hydrogens is 529 g/mol. The van der Waals surface area contributed by atoms with E-state index in [0.29, 0.717) is 28.4 Å². The van der Waals surface area contributed by atoms with Gasteiger partial charge < -0.3 is 4.42 Å². The van der Waals surface area contributed by atoms with E-state index in [9.17, 15) is 0 Å². The van der Waals surface area contributed by atoms with Crippen LogP contribution in [-0.2, 0) is 13.5 Å². The lowest BCUT2D eigenvalue weighted by molar-refractivity contribution is -0.660. The van der Waals surface area contributed by atoms with Gasteiger partial charge >= 0.3 is 0 Å². The predicted octanol–water partition coefficient (Wildman–Crippen LogP) is 11.0. The van der Waals surface area contributed by atoms with Gasteiger partial charge in [0, 0.05) is 22.9 Å². The summed E-state index contributed by atoms with van der Waals surface area (Å²) in [6.07, 6.45) is 8.18. The number of nitrogens with zero attached hydrogens (tertiary/aromatic N) is 1. The Labute approximate surface area is 256 Å². The van der Waals surface area contributed by atoms with Crippen molar-refractivity contribution in [2.24, 2.45) is 24.3 Å². The van der Waals surface area contributed by atoms with Crippen molar-refractivity contribution in [2.45, 2.75) is 86.5 Å². The number of hydrogen-bond acceptors (Lipinski definition) is 1. The molecule has 43 heavy (non-hydrogen) atoms. The van der Waals surface area contributed by atoms with Gasteiger partial charge in [-0.15, -0.1) is 0 Å². The largest absolute Gasteiger partial charge is 0.454 e. The smallest absolute Gasteiger partial charge is 0.216 e. The first-order valence-corrected chi connectivity index (χ1v) is 16.2. The Morgan fingerprint density at radius 3 is 2.16 bits per heavy atom. The molecule has 0 bridgehead atoms. The second-order valence-electron chi connectivity index (χ2n) is 14.7. The fourth-order valence-electron chi connectivity index (χ4n) is 7.59.